The van der Waals surface area contributed by atoms with E-state index in [2.05, 4.69) is 12.2 Å². The SMILES string of the molecule is CCC1OCCC1CNC(=O)c1cccc(F)c1N. The molecule has 1 saturated heterocycles. The van der Waals surface area contributed by atoms with Crippen LogP contribution >= 0.6 is 0 Å². The monoisotopic (exact) mass is 266 g/mol. The van der Waals surface area contributed by atoms with Crippen LogP contribution in [0.2, 0.25) is 0 Å². The van der Waals surface area contributed by atoms with Gasteiger partial charge in [0.1, 0.15) is 5.82 Å². The third-order valence-electron chi connectivity index (χ3n) is 3.57. The van der Waals surface area contributed by atoms with Crippen molar-refractivity contribution >= 4 is 11.6 Å². The minimum absolute atomic E-state index is 0.102. The van der Waals surface area contributed by atoms with E-state index in [1.165, 1.54) is 18.2 Å². The largest absolute Gasteiger partial charge is 0.396 e. The standard InChI is InChI=1S/C14H19FN2O2/c1-2-12-9(6-7-19-12)8-17-14(18)10-4-3-5-11(15)13(10)16/h3-5,9,12H,2,6-8,16H2,1H3,(H,17,18). The van der Waals surface area contributed by atoms with E-state index in [1.807, 2.05) is 0 Å². The van der Waals surface area contributed by atoms with Gasteiger partial charge in [-0.1, -0.05) is 13.0 Å². The molecular formula is C14H19FN2O2. The molecule has 4 nitrogen and oxygen atoms in total. The number of carbonyl (C=O) groups excluding carboxylic acids is 1. The molecule has 2 unspecified atom stereocenters. The summed E-state index contributed by atoms with van der Waals surface area (Å²) in [5.41, 5.74) is 5.65. The molecule has 1 aromatic rings. The summed E-state index contributed by atoms with van der Waals surface area (Å²) in [7, 11) is 0. The lowest BCUT2D eigenvalue weighted by molar-refractivity contribution is 0.0827. The maximum atomic E-state index is 13.3. The van der Waals surface area contributed by atoms with Gasteiger partial charge in [0.25, 0.3) is 5.91 Å². The zero-order valence-corrected chi connectivity index (χ0v) is 11.0. The van der Waals surface area contributed by atoms with Crippen molar-refractivity contribution in [1.29, 1.82) is 0 Å². The number of para-hydroxylation sites is 1. The molecule has 1 aliphatic heterocycles. The smallest absolute Gasteiger partial charge is 0.253 e. The van der Waals surface area contributed by atoms with Gasteiger partial charge in [0, 0.05) is 19.1 Å². The van der Waals surface area contributed by atoms with Crippen molar-refractivity contribution < 1.29 is 13.9 Å². The second-order valence-corrected chi connectivity index (χ2v) is 4.78. The highest BCUT2D eigenvalue weighted by atomic mass is 19.1. The van der Waals surface area contributed by atoms with Crippen LogP contribution < -0.4 is 11.1 Å². The molecule has 1 heterocycles. The van der Waals surface area contributed by atoms with Crippen LogP contribution in [0.4, 0.5) is 10.1 Å². The third-order valence-corrected chi connectivity index (χ3v) is 3.57. The number of nitrogen functional groups attached to an aromatic ring is 1. The van der Waals surface area contributed by atoms with Gasteiger partial charge < -0.3 is 15.8 Å². The Kier molecular flexibility index (Phi) is 4.37. The number of ether oxygens (including phenoxy) is 1. The van der Waals surface area contributed by atoms with E-state index < -0.39 is 5.82 Å². The molecule has 2 atom stereocenters. The predicted molar refractivity (Wildman–Crippen MR) is 71.3 cm³/mol. The molecule has 1 fully saturated rings. The Balaban J connectivity index is 1.96. The number of anilines is 1. The zero-order valence-electron chi connectivity index (χ0n) is 11.0. The van der Waals surface area contributed by atoms with Crippen molar-refractivity contribution in [2.45, 2.75) is 25.9 Å². The lowest BCUT2D eigenvalue weighted by atomic mass is 9.99. The minimum atomic E-state index is -0.566. The molecule has 0 radical (unpaired) electrons. The van der Waals surface area contributed by atoms with Crippen LogP contribution in [0.25, 0.3) is 0 Å². The lowest BCUT2D eigenvalue weighted by Crippen LogP contribution is -2.33. The molecule has 0 bridgehead atoms. The number of halogens is 1. The maximum absolute atomic E-state index is 13.3. The molecule has 5 heteroatoms. The molecule has 1 aromatic carbocycles. The minimum Gasteiger partial charge on any atom is -0.396 e. The fourth-order valence-electron chi connectivity index (χ4n) is 2.43. The van der Waals surface area contributed by atoms with Crippen LogP contribution in [-0.2, 0) is 4.74 Å². The van der Waals surface area contributed by atoms with Crippen molar-refractivity contribution in [3.8, 4) is 0 Å². The van der Waals surface area contributed by atoms with Gasteiger partial charge in [-0.25, -0.2) is 4.39 Å². The first kappa shape index (κ1) is 13.8. The van der Waals surface area contributed by atoms with Crippen LogP contribution in [0.3, 0.4) is 0 Å². The normalized spacial score (nSPS) is 22.4. The van der Waals surface area contributed by atoms with Gasteiger partial charge >= 0.3 is 0 Å². The number of hydrogen-bond donors (Lipinski definition) is 2. The van der Waals surface area contributed by atoms with E-state index in [0.717, 1.165) is 19.4 Å². The van der Waals surface area contributed by atoms with Crippen LogP contribution in [0.5, 0.6) is 0 Å². The van der Waals surface area contributed by atoms with Crippen molar-refractivity contribution in [1.82, 2.24) is 5.32 Å². The Labute approximate surface area is 112 Å². The first-order valence-electron chi connectivity index (χ1n) is 6.57. The summed E-state index contributed by atoms with van der Waals surface area (Å²) in [5, 5.41) is 2.81. The summed E-state index contributed by atoms with van der Waals surface area (Å²) in [6.07, 6.45) is 2.07. The topological polar surface area (TPSA) is 64.3 Å². The van der Waals surface area contributed by atoms with E-state index in [4.69, 9.17) is 10.5 Å². The van der Waals surface area contributed by atoms with E-state index >= 15 is 0 Å². The Hall–Kier alpha value is -1.62. The van der Waals surface area contributed by atoms with E-state index in [1.54, 1.807) is 0 Å². The molecule has 0 saturated carbocycles. The second kappa shape index (κ2) is 6.02. The summed E-state index contributed by atoms with van der Waals surface area (Å²) in [5.74, 6) is -0.578. The van der Waals surface area contributed by atoms with Crippen molar-refractivity contribution in [3.63, 3.8) is 0 Å². The second-order valence-electron chi connectivity index (χ2n) is 4.78. The fourth-order valence-corrected chi connectivity index (χ4v) is 2.43. The van der Waals surface area contributed by atoms with Crippen LogP contribution in [0, 0.1) is 11.7 Å². The molecular weight excluding hydrogens is 247 g/mol. The highest BCUT2D eigenvalue weighted by Crippen LogP contribution is 2.23. The van der Waals surface area contributed by atoms with Gasteiger partial charge in [0.2, 0.25) is 0 Å². The van der Waals surface area contributed by atoms with Crippen molar-refractivity contribution in [3.05, 3.63) is 29.6 Å². The van der Waals surface area contributed by atoms with Gasteiger partial charge in [-0.2, -0.15) is 0 Å². The Morgan fingerprint density at radius 1 is 1.58 bits per heavy atom. The lowest BCUT2D eigenvalue weighted by Gasteiger charge is -2.17. The third kappa shape index (κ3) is 3.04. The molecule has 104 valence electrons. The summed E-state index contributed by atoms with van der Waals surface area (Å²) in [6, 6.07) is 4.24. The Morgan fingerprint density at radius 3 is 3.11 bits per heavy atom. The number of benzene rings is 1. The highest BCUT2D eigenvalue weighted by Gasteiger charge is 2.27. The summed E-state index contributed by atoms with van der Waals surface area (Å²) in [4.78, 5) is 12.0. The number of nitrogens with two attached hydrogens (primary N) is 1. The van der Waals surface area contributed by atoms with E-state index in [-0.39, 0.29) is 23.3 Å². The summed E-state index contributed by atoms with van der Waals surface area (Å²) in [6.45, 7) is 3.34. The fraction of sp³-hybridized carbons (Fsp3) is 0.500. The van der Waals surface area contributed by atoms with Gasteiger partial charge in [-0.15, -0.1) is 0 Å². The first-order chi connectivity index (χ1) is 9.13. The highest BCUT2D eigenvalue weighted by molar-refractivity contribution is 5.99. The molecule has 1 amide bonds. The quantitative estimate of drug-likeness (QED) is 0.819. The zero-order chi connectivity index (χ0) is 13.8. The van der Waals surface area contributed by atoms with Crippen LogP contribution in [-0.4, -0.2) is 25.2 Å². The number of rotatable bonds is 4. The summed E-state index contributed by atoms with van der Waals surface area (Å²) >= 11 is 0. The Bertz CT molecular complexity index is 465. The molecule has 19 heavy (non-hydrogen) atoms. The number of hydrogen-bond acceptors (Lipinski definition) is 3. The molecule has 0 aliphatic carbocycles. The van der Waals surface area contributed by atoms with Gasteiger partial charge in [0.05, 0.1) is 17.4 Å². The number of amides is 1. The van der Waals surface area contributed by atoms with Crippen LogP contribution in [0.15, 0.2) is 18.2 Å². The number of carbonyl (C=O) groups is 1. The molecule has 0 aromatic heterocycles. The Morgan fingerprint density at radius 2 is 2.37 bits per heavy atom. The van der Waals surface area contributed by atoms with Gasteiger partial charge in [-0.05, 0) is 25.0 Å². The number of nitrogens with one attached hydrogen (secondary N) is 1. The van der Waals surface area contributed by atoms with Crippen molar-refractivity contribution in [2.75, 3.05) is 18.9 Å². The van der Waals surface area contributed by atoms with Crippen LogP contribution in [0.1, 0.15) is 30.1 Å². The van der Waals surface area contributed by atoms with Gasteiger partial charge in [-0.3, -0.25) is 4.79 Å². The first-order valence-corrected chi connectivity index (χ1v) is 6.57. The molecule has 3 N–H and O–H groups in total. The van der Waals surface area contributed by atoms with Crippen molar-refractivity contribution in [2.24, 2.45) is 5.92 Å². The molecule has 0 spiro atoms. The maximum Gasteiger partial charge on any atom is 0.253 e. The summed E-state index contributed by atoms with van der Waals surface area (Å²) < 4.78 is 18.8. The van der Waals surface area contributed by atoms with Gasteiger partial charge in [0.15, 0.2) is 0 Å². The average Bonchev–Trinajstić information content (AvgIpc) is 2.86. The molecule has 2 rings (SSSR count). The van der Waals surface area contributed by atoms with E-state index in [9.17, 15) is 9.18 Å². The molecule has 1 aliphatic rings. The average molecular weight is 266 g/mol. The van der Waals surface area contributed by atoms with E-state index in [0.29, 0.717) is 12.5 Å². The predicted octanol–water partition coefficient (Wildman–Crippen LogP) is 1.95.